The first-order valence-electron chi connectivity index (χ1n) is 10.9. The molecule has 3 rings (SSSR count). The molecule has 6 nitrogen and oxygen atoms in total. The molecular formula is C27H26FNO5P+. The summed E-state index contributed by atoms with van der Waals surface area (Å²) in [5, 5.41) is 20.1. The Morgan fingerprint density at radius 1 is 1.09 bits per heavy atom. The van der Waals surface area contributed by atoms with E-state index in [1.54, 1.807) is 26.0 Å². The Morgan fingerprint density at radius 3 is 2.31 bits per heavy atom. The zero-order valence-electron chi connectivity index (χ0n) is 19.6. The summed E-state index contributed by atoms with van der Waals surface area (Å²) in [5.41, 5.74) is -0.846. The van der Waals surface area contributed by atoms with E-state index < -0.39 is 30.6 Å². The topological polar surface area (TPSA) is 96.7 Å². The molecule has 3 unspecified atom stereocenters. The van der Waals surface area contributed by atoms with Crippen LogP contribution in [0, 0.1) is 23.6 Å². The SMILES string of the molecule is CO[P+](=O)C(C#CC(C)C)(C(=O)O)C(O)(Cc1ccc(F)cc1)c1cccc(-c2ccccc2)n1. The fraction of sp³-hybridized carbons (Fsp3) is 0.259. The number of halogens is 1. The van der Waals surface area contributed by atoms with E-state index >= 15 is 0 Å². The van der Waals surface area contributed by atoms with Crippen LogP contribution in [-0.4, -0.2) is 33.4 Å². The van der Waals surface area contributed by atoms with E-state index in [-0.39, 0.29) is 18.0 Å². The number of aromatic nitrogens is 1. The molecule has 0 aliphatic rings. The van der Waals surface area contributed by atoms with Crippen molar-refractivity contribution in [3.8, 4) is 23.1 Å². The highest BCUT2D eigenvalue weighted by Crippen LogP contribution is 2.52. The smallest absolute Gasteiger partial charge is 0.477 e. The molecule has 0 saturated heterocycles. The molecule has 0 saturated carbocycles. The Bertz CT molecular complexity index is 1270. The van der Waals surface area contributed by atoms with Crippen LogP contribution < -0.4 is 0 Å². The lowest BCUT2D eigenvalue weighted by atomic mass is 9.78. The summed E-state index contributed by atoms with van der Waals surface area (Å²) in [4.78, 5) is 17.4. The van der Waals surface area contributed by atoms with Crippen molar-refractivity contribution in [1.29, 1.82) is 0 Å². The summed E-state index contributed by atoms with van der Waals surface area (Å²) in [5.74, 6) is 2.95. The minimum absolute atomic E-state index is 0.0518. The molecular weight excluding hydrogens is 468 g/mol. The Kier molecular flexibility index (Phi) is 8.14. The summed E-state index contributed by atoms with van der Waals surface area (Å²) in [7, 11) is -1.96. The molecule has 35 heavy (non-hydrogen) atoms. The number of aliphatic hydroxyl groups is 1. The fourth-order valence-electron chi connectivity index (χ4n) is 3.73. The molecule has 0 amide bonds. The molecule has 2 N–H and O–H groups in total. The average Bonchev–Trinajstić information content (AvgIpc) is 2.85. The summed E-state index contributed by atoms with van der Waals surface area (Å²) in [6.07, 6.45) is -0.359. The second-order valence-electron chi connectivity index (χ2n) is 8.32. The van der Waals surface area contributed by atoms with E-state index in [0.29, 0.717) is 11.3 Å². The molecule has 180 valence electrons. The number of aliphatic carboxylic acids is 1. The van der Waals surface area contributed by atoms with E-state index in [1.165, 1.54) is 30.3 Å². The quantitative estimate of drug-likeness (QED) is 0.331. The van der Waals surface area contributed by atoms with Crippen LogP contribution in [0.2, 0.25) is 0 Å². The van der Waals surface area contributed by atoms with Crippen molar-refractivity contribution >= 4 is 14.0 Å². The number of carboxylic acids is 1. The summed E-state index contributed by atoms with van der Waals surface area (Å²) >= 11 is 0. The Hall–Kier alpha value is -3.43. The molecule has 1 heterocycles. The van der Waals surface area contributed by atoms with Gasteiger partial charge in [-0.25, -0.2) is 14.2 Å². The highest BCUT2D eigenvalue weighted by Gasteiger charge is 2.72. The van der Waals surface area contributed by atoms with Crippen molar-refractivity contribution in [2.75, 3.05) is 7.11 Å². The van der Waals surface area contributed by atoms with Crippen molar-refractivity contribution in [1.82, 2.24) is 4.98 Å². The maximum Gasteiger partial charge on any atom is 0.543 e. The Balaban J connectivity index is 2.35. The van der Waals surface area contributed by atoms with Gasteiger partial charge in [-0.15, -0.1) is 4.52 Å². The van der Waals surface area contributed by atoms with Crippen LogP contribution in [0.15, 0.2) is 72.8 Å². The van der Waals surface area contributed by atoms with Gasteiger partial charge in [-0.05, 0) is 40.3 Å². The zero-order valence-corrected chi connectivity index (χ0v) is 20.5. The minimum atomic E-state index is -3.06. The van der Waals surface area contributed by atoms with Crippen LogP contribution in [0.5, 0.6) is 0 Å². The average molecular weight is 494 g/mol. The lowest BCUT2D eigenvalue weighted by Gasteiger charge is -2.33. The van der Waals surface area contributed by atoms with Crippen molar-refractivity contribution in [2.24, 2.45) is 5.92 Å². The first kappa shape index (κ1) is 26.2. The summed E-state index contributed by atoms with van der Waals surface area (Å²) < 4.78 is 31.9. The van der Waals surface area contributed by atoms with E-state index in [0.717, 1.165) is 12.7 Å². The van der Waals surface area contributed by atoms with Gasteiger partial charge in [-0.2, -0.15) is 0 Å². The molecule has 0 spiro atoms. The third-order valence-corrected chi connectivity index (χ3v) is 7.06. The van der Waals surface area contributed by atoms with Gasteiger partial charge in [0.25, 0.3) is 0 Å². The number of rotatable bonds is 8. The molecule has 0 aliphatic heterocycles. The van der Waals surface area contributed by atoms with Crippen LogP contribution in [0.3, 0.4) is 0 Å². The Labute approximate surface area is 204 Å². The highest BCUT2D eigenvalue weighted by atomic mass is 31.1. The lowest BCUT2D eigenvalue weighted by molar-refractivity contribution is -0.146. The molecule has 0 aliphatic carbocycles. The van der Waals surface area contributed by atoms with Crippen LogP contribution in [0.1, 0.15) is 25.1 Å². The van der Waals surface area contributed by atoms with Crippen LogP contribution in [-0.2, 0) is 25.9 Å². The van der Waals surface area contributed by atoms with Gasteiger partial charge in [0.15, 0.2) is 5.60 Å². The first-order valence-corrected chi connectivity index (χ1v) is 12.1. The molecule has 8 heteroatoms. The number of nitrogens with zero attached hydrogens (tertiary/aromatic N) is 1. The molecule has 0 fully saturated rings. The maximum atomic E-state index is 13.6. The zero-order chi connectivity index (χ0) is 25.6. The standard InChI is InChI=1S/C27H25FNO5P/c1-19(2)16-17-27(25(30)31,35(33)34-3)26(32,18-20-12-14-22(28)15-13-20)24-11-7-10-23(29-24)21-8-5-4-6-9-21/h4-15,19,32H,18H2,1-3H3/p+1. The summed E-state index contributed by atoms with van der Waals surface area (Å²) in [6, 6.07) is 19.2. The molecule has 0 bridgehead atoms. The van der Waals surface area contributed by atoms with Gasteiger partial charge in [0.1, 0.15) is 5.82 Å². The third-order valence-electron chi connectivity index (χ3n) is 5.51. The predicted molar refractivity (Wildman–Crippen MR) is 131 cm³/mol. The van der Waals surface area contributed by atoms with Gasteiger partial charge in [0.2, 0.25) is 0 Å². The molecule has 3 aromatic rings. The maximum absolute atomic E-state index is 13.6. The number of benzene rings is 2. The van der Waals surface area contributed by atoms with E-state index in [9.17, 15) is 24.0 Å². The predicted octanol–water partition coefficient (Wildman–Crippen LogP) is 5.19. The number of carboxylic acid groups (broad SMARTS) is 1. The number of hydrogen-bond acceptors (Lipinski definition) is 5. The van der Waals surface area contributed by atoms with Crippen molar-refractivity contribution in [3.63, 3.8) is 0 Å². The highest BCUT2D eigenvalue weighted by molar-refractivity contribution is 7.43. The van der Waals surface area contributed by atoms with Crippen LogP contribution in [0.25, 0.3) is 11.3 Å². The number of pyridine rings is 1. The molecule has 2 aromatic carbocycles. The van der Waals surface area contributed by atoms with Gasteiger partial charge < -0.3 is 10.2 Å². The molecule has 1 aromatic heterocycles. The fourth-order valence-corrected chi connectivity index (χ4v) is 4.81. The van der Waals surface area contributed by atoms with Crippen LogP contribution in [0.4, 0.5) is 4.39 Å². The number of hydrogen-bond donors (Lipinski definition) is 2. The van der Waals surface area contributed by atoms with E-state index in [1.807, 2.05) is 30.3 Å². The van der Waals surface area contributed by atoms with E-state index in [4.69, 9.17) is 4.52 Å². The van der Waals surface area contributed by atoms with Gasteiger partial charge in [-0.1, -0.05) is 68.3 Å². The second kappa shape index (κ2) is 10.9. The van der Waals surface area contributed by atoms with Crippen LogP contribution >= 0.6 is 8.03 Å². The third kappa shape index (κ3) is 5.31. The van der Waals surface area contributed by atoms with Gasteiger partial charge in [-0.3, -0.25) is 0 Å². The van der Waals surface area contributed by atoms with Crippen molar-refractivity contribution in [3.05, 3.63) is 89.9 Å². The first-order chi connectivity index (χ1) is 16.6. The second-order valence-corrected chi connectivity index (χ2v) is 9.87. The lowest BCUT2D eigenvalue weighted by Crippen LogP contribution is -2.56. The monoisotopic (exact) mass is 494 g/mol. The largest absolute Gasteiger partial charge is 0.543 e. The Morgan fingerprint density at radius 2 is 1.74 bits per heavy atom. The van der Waals surface area contributed by atoms with Gasteiger partial charge >= 0.3 is 19.2 Å². The normalized spacial score (nSPS) is 14.9. The molecule has 0 radical (unpaired) electrons. The van der Waals surface area contributed by atoms with E-state index in [2.05, 4.69) is 16.8 Å². The van der Waals surface area contributed by atoms with Gasteiger partial charge in [0.05, 0.1) is 18.5 Å². The van der Waals surface area contributed by atoms with Gasteiger partial charge in [0, 0.05) is 17.9 Å². The van der Waals surface area contributed by atoms with Crippen molar-refractivity contribution in [2.45, 2.75) is 31.0 Å². The number of carbonyl (C=O) groups is 1. The van der Waals surface area contributed by atoms with Crippen molar-refractivity contribution < 1.29 is 28.5 Å². The molecule has 3 atom stereocenters. The minimum Gasteiger partial charge on any atom is -0.477 e. The summed E-state index contributed by atoms with van der Waals surface area (Å²) in [6.45, 7) is 3.49.